The molecule has 0 aromatic heterocycles. The second-order valence-electron chi connectivity index (χ2n) is 4.05. The van der Waals surface area contributed by atoms with Crippen LogP contribution >= 0.6 is 11.6 Å². The van der Waals surface area contributed by atoms with Crippen molar-refractivity contribution in [3.8, 4) is 0 Å². The smallest absolute Gasteiger partial charge is 0.346 e. The normalized spacial score (nSPS) is 13.1. The van der Waals surface area contributed by atoms with Gasteiger partial charge in [-0.05, 0) is 24.6 Å². The zero-order chi connectivity index (χ0) is 14.5. The number of halogens is 4. The maximum absolute atomic E-state index is 11.9. The van der Waals surface area contributed by atoms with E-state index in [0.29, 0.717) is 5.02 Å². The Bertz CT molecular complexity index is 420. The van der Waals surface area contributed by atoms with Gasteiger partial charge in [-0.15, -0.1) is 0 Å². The first-order valence-corrected chi connectivity index (χ1v) is 5.98. The van der Waals surface area contributed by atoms with Crippen LogP contribution in [-0.2, 0) is 4.79 Å². The second kappa shape index (κ2) is 6.77. The quantitative estimate of drug-likeness (QED) is 0.876. The molecule has 0 fully saturated rings. The summed E-state index contributed by atoms with van der Waals surface area (Å²) in [6.45, 7) is 0.309. The summed E-state index contributed by atoms with van der Waals surface area (Å²) < 4.78 is 35.6. The Hall–Kier alpha value is -1.27. The Kier molecular flexibility index (Phi) is 5.62. The molecular weight excluding hydrogens is 281 g/mol. The molecule has 0 radical (unpaired) electrons. The molecule has 0 saturated heterocycles. The van der Waals surface area contributed by atoms with Crippen molar-refractivity contribution in [1.82, 2.24) is 10.6 Å². The van der Waals surface area contributed by atoms with Crippen molar-refractivity contribution in [1.29, 1.82) is 0 Å². The molecular formula is C12H14ClF3N2O. The van der Waals surface area contributed by atoms with Crippen LogP contribution in [0.15, 0.2) is 24.3 Å². The van der Waals surface area contributed by atoms with Gasteiger partial charge < -0.3 is 10.6 Å². The highest BCUT2D eigenvalue weighted by atomic mass is 35.5. The lowest BCUT2D eigenvalue weighted by atomic mass is 10.1. The number of hydrogen-bond acceptors (Lipinski definition) is 2. The maximum Gasteiger partial charge on any atom is 0.405 e. The lowest BCUT2D eigenvalue weighted by molar-refractivity contribution is -0.137. The van der Waals surface area contributed by atoms with E-state index in [1.54, 1.807) is 36.5 Å². The summed E-state index contributed by atoms with van der Waals surface area (Å²) in [5.74, 6) is -0.696. The lowest BCUT2D eigenvalue weighted by Gasteiger charge is -2.14. The summed E-state index contributed by atoms with van der Waals surface area (Å²) in [6, 6.07) is 6.83. The minimum absolute atomic E-state index is 0.158. The molecule has 1 atom stereocenters. The van der Waals surface area contributed by atoms with E-state index in [1.807, 2.05) is 0 Å². The first-order valence-electron chi connectivity index (χ1n) is 5.60. The maximum atomic E-state index is 11.9. The van der Waals surface area contributed by atoms with Crippen LogP contribution in [-0.4, -0.2) is 25.2 Å². The third-order valence-electron chi connectivity index (χ3n) is 2.42. The van der Waals surface area contributed by atoms with Crippen LogP contribution < -0.4 is 10.6 Å². The van der Waals surface area contributed by atoms with E-state index < -0.39 is 18.6 Å². The number of hydrogen-bond donors (Lipinski definition) is 2. The van der Waals surface area contributed by atoms with Crippen LogP contribution in [0.5, 0.6) is 0 Å². The number of rotatable bonds is 5. The highest BCUT2D eigenvalue weighted by Gasteiger charge is 2.27. The molecule has 106 valence electrons. The fraction of sp³-hybridized carbons (Fsp3) is 0.417. The summed E-state index contributed by atoms with van der Waals surface area (Å²) in [5, 5.41) is 5.22. The Morgan fingerprint density at radius 1 is 1.32 bits per heavy atom. The van der Waals surface area contributed by atoms with E-state index >= 15 is 0 Å². The first kappa shape index (κ1) is 15.8. The molecule has 19 heavy (non-hydrogen) atoms. The highest BCUT2D eigenvalue weighted by Crippen LogP contribution is 2.15. The third kappa shape index (κ3) is 6.45. The first-order chi connectivity index (χ1) is 8.78. The lowest BCUT2D eigenvalue weighted by Crippen LogP contribution is -2.39. The Morgan fingerprint density at radius 2 is 1.89 bits per heavy atom. The molecule has 0 aliphatic rings. The number of carbonyl (C=O) groups excluding carboxylic acids is 1. The van der Waals surface area contributed by atoms with Crippen molar-refractivity contribution in [2.24, 2.45) is 0 Å². The molecule has 1 amide bonds. The number of carbonyl (C=O) groups is 1. The van der Waals surface area contributed by atoms with Crippen LogP contribution in [0.3, 0.4) is 0 Å². The van der Waals surface area contributed by atoms with Crippen molar-refractivity contribution in [3.05, 3.63) is 34.9 Å². The molecule has 7 heteroatoms. The molecule has 0 aliphatic heterocycles. The second-order valence-corrected chi connectivity index (χ2v) is 4.48. The van der Waals surface area contributed by atoms with Crippen LogP contribution in [0.25, 0.3) is 0 Å². The van der Waals surface area contributed by atoms with E-state index in [9.17, 15) is 18.0 Å². The monoisotopic (exact) mass is 294 g/mol. The Balaban J connectivity index is 2.35. The largest absolute Gasteiger partial charge is 0.405 e. The fourth-order valence-electron chi connectivity index (χ4n) is 1.38. The number of nitrogens with one attached hydrogen (secondary N) is 2. The van der Waals surface area contributed by atoms with Crippen molar-refractivity contribution >= 4 is 17.5 Å². The Morgan fingerprint density at radius 3 is 2.42 bits per heavy atom. The van der Waals surface area contributed by atoms with Crippen molar-refractivity contribution in [2.75, 3.05) is 13.1 Å². The minimum atomic E-state index is -4.39. The van der Waals surface area contributed by atoms with Crippen molar-refractivity contribution < 1.29 is 18.0 Å². The van der Waals surface area contributed by atoms with Gasteiger partial charge in [0, 0.05) is 11.1 Å². The molecule has 0 aliphatic carbocycles. The summed E-state index contributed by atoms with van der Waals surface area (Å²) in [5.41, 5.74) is 0.896. The fourth-order valence-corrected chi connectivity index (χ4v) is 1.50. The molecule has 0 heterocycles. The van der Waals surface area contributed by atoms with E-state index in [4.69, 9.17) is 11.6 Å². The zero-order valence-corrected chi connectivity index (χ0v) is 11.0. The Labute approximate surface area is 114 Å². The minimum Gasteiger partial charge on any atom is -0.346 e. The molecule has 1 rings (SSSR count). The van der Waals surface area contributed by atoms with Gasteiger partial charge in [0.15, 0.2) is 0 Å². The molecule has 0 unspecified atom stereocenters. The van der Waals surface area contributed by atoms with Gasteiger partial charge >= 0.3 is 6.18 Å². The summed E-state index contributed by atoms with van der Waals surface area (Å²) in [7, 11) is 0. The topological polar surface area (TPSA) is 41.1 Å². The standard InChI is InChI=1S/C12H14ClF3N2O/c1-8(9-2-4-10(13)5-3-9)17-6-11(19)18-7-12(14,15)16/h2-5,8,17H,6-7H2,1H3,(H,18,19)/t8-/m1/s1. The van der Waals surface area contributed by atoms with E-state index in [-0.39, 0.29) is 12.6 Å². The van der Waals surface area contributed by atoms with Crippen LogP contribution in [0.1, 0.15) is 18.5 Å². The predicted molar refractivity (Wildman–Crippen MR) is 66.9 cm³/mol. The summed E-state index contributed by atoms with van der Waals surface area (Å²) in [4.78, 5) is 11.2. The van der Waals surface area contributed by atoms with Gasteiger partial charge in [-0.1, -0.05) is 23.7 Å². The third-order valence-corrected chi connectivity index (χ3v) is 2.68. The molecule has 1 aromatic rings. The van der Waals surface area contributed by atoms with Crippen molar-refractivity contribution in [3.63, 3.8) is 0 Å². The molecule has 1 aromatic carbocycles. The number of alkyl halides is 3. The van der Waals surface area contributed by atoms with Gasteiger partial charge in [0.2, 0.25) is 5.91 Å². The average molecular weight is 295 g/mol. The van der Waals surface area contributed by atoms with E-state index in [1.165, 1.54) is 0 Å². The average Bonchev–Trinajstić information content (AvgIpc) is 2.33. The highest BCUT2D eigenvalue weighted by molar-refractivity contribution is 6.30. The van der Waals surface area contributed by atoms with Gasteiger partial charge in [0.1, 0.15) is 6.54 Å². The van der Waals surface area contributed by atoms with Gasteiger partial charge in [0.05, 0.1) is 6.54 Å². The SMILES string of the molecule is C[C@@H](NCC(=O)NCC(F)(F)F)c1ccc(Cl)cc1. The van der Waals surface area contributed by atoms with Gasteiger partial charge in [-0.2, -0.15) is 13.2 Å². The van der Waals surface area contributed by atoms with Gasteiger partial charge in [-0.25, -0.2) is 0 Å². The van der Waals surface area contributed by atoms with Crippen LogP contribution in [0, 0.1) is 0 Å². The summed E-state index contributed by atoms with van der Waals surface area (Å²) >= 11 is 5.74. The van der Waals surface area contributed by atoms with Crippen molar-refractivity contribution in [2.45, 2.75) is 19.1 Å². The van der Waals surface area contributed by atoms with E-state index in [0.717, 1.165) is 5.56 Å². The van der Waals surface area contributed by atoms with E-state index in [2.05, 4.69) is 5.32 Å². The summed E-state index contributed by atoms with van der Waals surface area (Å²) in [6.07, 6.45) is -4.39. The molecule has 0 bridgehead atoms. The predicted octanol–water partition coefficient (Wildman–Crippen LogP) is 2.67. The number of benzene rings is 1. The van der Waals surface area contributed by atoms with Gasteiger partial charge in [0.25, 0.3) is 0 Å². The number of amides is 1. The molecule has 0 saturated carbocycles. The van der Waals surface area contributed by atoms with Gasteiger partial charge in [-0.3, -0.25) is 4.79 Å². The zero-order valence-electron chi connectivity index (χ0n) is 10.2. The molecule has 0 spiro atoms. The molecule has 3 nitrogen and oxygen atoms in total. The van der Waals surface area contributed by atoms with Crippen LogP contribution in [0.4, 0.5) is 13.2 Å². The van der Waals surface area contributed by atoms with Crippen LogP contribution in [0.2, 0.25) is 5.02 Å². The molecule has 2 N–H and O–H groups in total.